The molecule has 2 aromatic carbocycles. The summed E-state index contributed by atoms with van der Waals surface area (Å²) in [5.74, 6) is -0.718. The number of aryl methyl sites for hydroxylation is 2. The van der Waals surface area contributed by atoms with Crippen molar-refractivity contribution in [1.29, 1.82) is 0 Å². The fraction of sp³-hybridized carbons (Fsp3) is 0.130. The molecule has 0 aliphatic rings. The molecule has 0 saturated heterocycles. The Labute approximate surface area is 178 Å². The molecule has 2 N–H and O–H groups in total. The zero-order chi connectivity index (χ0) is 21.1. The van der Waals surface area contributed by atoms with Gasteiger partial charge in [-0.2, -0.15) is 0 Å². The molecule has 0 aliphatic heterocycles. The first-order valence-corrected chi connectivity index (χ1v) is 10.3. The molecule has 2 heterocycles. The summed E-state index contributed by atoms with van der Waals surface area (Å²) in [4.78, 5) is 34.1. The summed E-state index contributed by atoms with van der Waals surface area (Å²) < 4.78 is 0. The third-order valence-corrected chi connectivity index (χ3v) is 5.54. The summed E-state index contributed by atoms with van der Waals surface area (Å²) >= 11 is 1.42. The number of aromatic nitrogens is 2. The van der Waals surface area contributed by atoms with Gasteiger partial charge in [0.1, 0.15) is 5.01 Å². The van der Waals surface area contributed by atoms with E-state index in [0.29, 0.717) is 16.3 Å². The van der Waals surface area contributed by atoms with Gasteiger partial charge in [0.2, 0.25) is 5.91 Å². The SMILES string of the molecule is Cc1ccc2nc(-c3ccccc3)cc(C(=O)NNC(=O)Cc3nc(C)cs3)c2c1. The topological polar surface area (TPSA) is 84.0 Å². The second kappa shape index (κ2) is 8.42. The standard InChI is InChI=1S/C23H20N4O2S/c1-14-8-9-19-17(10-14)18(11-20(25-19)16-6-4-3-5-7-16)23(29)27-26-21(28)12-22-24-15(2)13-30-22/h3-11,13H,12H2,1-2H3,(H,26,28)(H,27,29). The van der Waals surface area contributed by atoms with Crippen LogP contribution in [0.1, 0.15) is 26.6 Å². The van der Waals surface area contributed by atoms with E-state index in [-0.39, 0.29) is 12.3 Å². The van der Waals surface area contributed by atoms with Crippen molar-refractivity contribution in [3.05, 3.63) is 81.8 Å². The highest BCUT2D eigenvalue weighted by molar-refractivity contribution is 7.09. The van der Waals surface area contributed by atoms with Crippen molar-refractivity contribution in [3.63, 3.8) is 0 Å². The van der Waals surface area contributed by atoms with Crippen molar-refractivity contribution >= 4 is 34.1 Å². The van der Waals surface area contributed by atoms with Crippen LogP contribution in [-0.4, -0.2) is 21.8 Å². The van der Waals surface area contributed by atoms with Crippen molar-refractivity contribution in [1.82, 2.24) is 20.8 Å². The zero-order valence-electron chi connectivity index (χ0n) is 16.6. The van der Waals surface area contributed by atoms with Crippen LogP contribution in [0.5, 0.6) is 0 Å². The van der Waals surface area contributed by atoms with Gasteiger partial charge in [0.25, 0.3) is 5.91 Å². The first-order valence-electron chi connectivity index (χ1n) is 9.46. The van der Waals surface area contributed by atoms with Gasteiger partial charge >= 0.3 is 0 Å². The van der Waals surface area contributed by atoms with Crippen LogP contribution >= 0.6 is 11.3 Å². The summed E-state index contributed by atoms with van der Waals surface area (Å²) in [6.07, 6.45) is 0.115. The van der Waals surface area contributed by atoms with E-state index in [1.807, 2.05) is 67.8 Å². The maximum atomic E-state index is 12.9. The van der Waals surface area contributed by atoms with Crippen molar-refractivity contribution in [2.75, 3.05) is 0 Å². The number of hydrazine groups is 1. The maximum absolute atomic E-state index is 12.9. The van der Waals surface area contributed by atoms with E-state index < -0.39 is 5.91 Å². The van der Waals surface area contributed by atoms with Gasteiger partial charge in [-0.05, 0) is 32.0 Å². The van der Waals surface area contributed by atoms with E-state index in [2.05, 4.69) is 15.8 Å². The Hall–Kier alpha value is -3.58. The van der Waals surface area contributed by atoms with Crippen LogP contribution in [0.15, 0.2) is 60.0 Å². The molecule has 4 rings (SSSR count). The molecule has 6 nitrogen and oxygen atoms in total. The van der Waals surface area contributed by atoms with Crippen LogP contribution in [0.3, 0.4) is 0 Å². The molecule has 0 atom stereocenters. The van der Waals surface area contributed by atoms with Crippen LogP contribution in [0, 0.1) is 13.8 Å². The normalized spacial score (nSPS) is 10.7. The third-order valence-electron chi connectivity index (χ3n) is 4.57. The largest absolute Gasteiger partial charge is 0.273 e. The van der Waals surface area contributed by atoms with Crippen LogP contribution < -0.4 is 10.9 Å². The summed E-state index contributed by atoms with van der Waals surface area (Å²) in [7, 11) is 0. The second-order valence-electron chi connectivity index (χ2n) is 7.00. The molecule has 0 unspecified atom stereocenters. The average molecular weight is 417 g/mol. The number of carbonyl (C=O) groups is 2. The molecule has 0 radical (unpaired) electrons. The van der Waals surface area contributed by atoms with Crippen molar-refractivity contribution in [2.45, 2.75) is 20.3 Å². The number of nitrogens with one attached hydrogen (secondary N) is 2. The number of rotatable bonds is 4. The quantitative estimate of drug-likeness (QED) is 0.493. The molecule has 4 aromatic rings. The lowest BCUT2D eigenvalue weighted by molar-refractivity contribution is -0.121. The first-order chi connectivity index (χ1) is 14.5. The molecule has 30 heavy (non-hydrogen) atoms. The van der Waals surface area contributed by atoms with Crippen LogP contribution in [-0.2, 0) is 11.2 Å². The van der Waals surface area contributed by atoms with Gasteiger partial charge in [-0.15, -0.1) is 11.3 Å². The van der Waals surface area contributed by atoms with Gasteiger partial charge in [-0.25, -0.2) is 9.97 Å². The molecule has 0 spiro atoms. The Morgan fingerprint density at radius 2 is 1.77 bits per heavy atom. The van der Waals surface area contributed by atoms with Crippen LogP contribution in [0.4, 0.5) is 0 Å². The number of nitrogens with zero attached hydrogens (tertiary/aromatic N) is 2. The maximum Gasteiger partial charge on any atom is 0.270 e. The summed E-state index contributed by atoms with van der Waals surface area (Å²) in [5.41, 5.74) is 9.69. The lowest BCUT2D eigenvalue weighted by atomic mass is 10.0. The second-order valence-corrected chi connectivity index (χ2v) is 7.95. The van der Waals surface area contributed by atoms with E-state index in [0.717, 1.165) is 27.7 Å². The predicted molar refractivity (Wildman–Crippen MR) is 118 cm³/mol. The van der Waals surface area contributed by atoms with E-state index in [9.17, 15) is 9.59 Å². The van der Waals surface area contributed by atoms with Crippen molar-refractivity contribution < 1.29 is 9.59 Å². The van der Waals surface area contributed by atoms with Crippen LogP contribution in [0.25, 0.3) is 22.2 Å². The average Bonchev–Trinajstić information content (AvgIpc) is 3.16. The molecule has 7 heteroatoms. The highest BCUT2D eigenvalue weighted by atomic mass is 32.1. The van der Waals surface area contributed by atoms with E-state index in [1.54, 1.807) is 6.07 Å². The Balaban J connectivity index is 1.60. The monoisotopic (exact) mass is 416 g/mol. The van der Waals surface area contributed by atoms with E-state index in [4.69, 9.17) is 4.98 Å². The van der Waals surface area contributed by atoms with E-state index in [1.165, 1.54) is 11.3 Å². The summed E-state index contributed by atoms with van der Waals surface area (Å²) in [5, 5.41) is 3.32. The fourth-order valence-electron chi connectivity index (χ4n) is 3.14. The third kappa shape index (κ3) is 4.36. The lowest BCUT2D eigenvalue weighted by Crippen LogP contribution is -2.42. The van der Waals surface area contributed by atoms with Crippen molar-refractivity contribution in [2.24, 2.45) is 0 Å². The zero-order valence-corrected chi connectivity index (χ0v) is 17.4. The minimum absolute atomic E-state index is 0.115. The molecule has 0 bridgehead atoms. The van der Waals surface area contributed by atoms with Crippen LogP contribution in [0.2, 0.25) is 0 Å². The lowest BCUT2D eigenvalue weighted by Gasteiger charge is -2.12. The van der Waals surface area contributed by atoms with Gasteiger partial charge in [0.05, 0.1) is 23.2 Å². The number of amides is 2. The Bertz CT molecular complexity index is 1230. The Kier molecular flexibility index (Phi) is 5.54. The molecular formula is C23H20N4O2S. The minimum atomic E-state index is -0.395. The highest BCUT2D eigenvalue weighted by Crippen LogP contribution is 2.25. The number of hydrogen-bond acceptors (Lipinski definition) is 5. The Morgan fingerprint density at radius 3 is 2.50 bits per heavy atom. The molecule has 2 aromatic heterocycles. The number of thiazole rings is 1. The van der Waals surface area contributed by atoms with Gasteiger partial charge in [-0.3, -0.25) is 20.4 Å². The molecular weight excluding hydrogens is 396 g/mol. The number of benzene rings is 2. The number of carbonyl (C=O) groups excluding carboxylic acids is 2. The summed E-state index contributed by atoms with van der Waals surface area (Å²) in [6.45, 7) is 3.84. The Morgan fingerprint density at radius 1 is 0.967 bits per heavy atom. The fourth-order valence-corrected chi connectivity index (χ4v) is 3.91. The van der Waals surface area contributed by atoms with E-state index >= 15 is 0 Å². The minimum Gasteiger partial charge on any atom is -0.273 e. The molecule has 2 amide bonds. The number of fused-ring (bicyclic) bond motifs is 1. The molecule has 0 fully saturated rings. The smallest absolute Gasteiger partial charge is 0.270 e. The molecule has 150 valence electrons. The van der Waals surface area contributed by atoms with Gasteiger partial charge in [0, 0.05) is 22.0 Å². The van der Waals surface area contributed by atoms with Crippen molar-refractivity contribution in [3.8, 4) is 11.3 Å². The predicted octanol–water partition coefficient (Wildman–Crippen LogP) is 3.98. The first kappa shape index (κ1) is 19.7. The van der Waals surface area contributed by atoms with Gasteiger partial charge < -0.3 is 0 Å². The molecule has 0 aliphatic carbocycles. The van der Waals surface area contributed by atoms with Gasteiger partial charge in [-0.1, -0.05) is 42.0 Å². The molecule has 0 saturated carbocycles. The van der Waals surface area contributed by atoms with Gasteiger partial charge in [0.15, 0.2) is 0 Å². The summed E-state index contributed by atoms with van der Waals surface area (Å²) in [6, 6.07) is 17.2. The number of pyridine rings is 1. The highest BCUT2D eigenvalue weighted by Gasteiger charge is 2.15. The number of hydrogen-bond donors (Lipinski definition) is 2.